The second-order valence-corrected chi connectivity index (χ2v) is 4.69. The molecule has 1 aliphatic carbocycles. The SMILES string of the molecule is FC(F)COCCN1CCC(NC2CC2)C1. The molecule has 1 atom stereocenters. The fraction of sp³-hybridized carbons (Fsp3) is 1.00. The molecule has 0 spiro atoms. The molecule has 1 N–H and O–H groups in total. The minimum Gasteiger partial charge on any atom is -0.374 e. The van der Waals surface area contributed by atoms with E-state index in [4.69, 9.17) is 4.74 Å². The molecule has 1 unspecified atom stereocenters. The van der Waals surface area contributed by atoms with Crippen molar-refractivity contribution in [3.8, 4) is 0 Å². The van der Waals surface area contributed by atoms with Gasteiger partial charge in [0.05, 0.1) is 6.61 Å². The molecule has 0 aromatic rings. The largest absolute Gasteiger partial charge is 0.374 e. The summed E-state index contributed by atoms with van der Waals surface area (Å²) in [6.07, 6.45) is 1.45. The molecule has 1 aliphatic heterocycles. The maximum Gasteiger partial charge on any atom is 0.261 e. The van der Waals surface area contributed by atoms with Crippen LogP contribution in [0.5, 0.6) is 0 Å². The molecule has 0 aromatic carbocycles. The fourth-order valence-corrected chi connectivity index (χ4v) is 2.12. The topological polar surface area (TPSA) is 24.5 Å². The normalized spacial score (nSPS) is 26.8. The summed E-state index contributed by atoms with van der Waals surface area (Å²) >= 11 is 0. The highest BCUT2D eigenvalue weighted by molar-refractivity contribution is 4.89. The lowest BCUT2D eigenvalue weighted by atomic mass is 10.2. The molecule has 1 saturated heterocycles. The van der Waals surface area contributed by atoms with Crippen molar-refractivity contribution in [2.75, 3.05) is 32.8 Å². The Balaban J connectivity index is 1.50. The van der Waals surface area contributed by atoms with Gasteiger partial charge in [0.25, 0.3) is 6.43 Å². The number of halogens is 2. The van der Waals surface area contributed by atoms with E-state index < -0.39 is 13.0 Å². The summed E-state index contributed by atoms with van der Waals surface area (Å²) in [4.78, 5) is 2.28. The summed E-state index contributed by atoms with van der Waals surface area (Å²) < 4.78 is 28.5. The molecule has 1 saturated carbocycles. The lowest BCUT2D eigenvalue weighted by Crippen LogP contribution is -2.35. The Bertz CT molecular complexity index is 212. The minimum absolute atomic E-state index is 0.417. The average Bonchev–Trinajstić information content (AvgIpc) is 2.92. The first-order chi connectivity index (χ1) is 7.74. The smallest absolute Gasteiger partial charge is 0.261 e. The Morgan fingerprint density at radius 2 is 2.06 bits per heavy atom. The quantitative estimate of drug-likeness (QED) is 0.667. The summed E-state index contributed by atoms with van der Waals surface area (Å²) in [7, 11) is 0. The standard InChI is InChI=1S/C11H20F2N2O/c12-11(13)8-16-6-5-15-4-3-10(7-15)14-9-1-2-9/h9-11,14H,1-8H2. The maximum absolute atomic E-state index is 11.8. The molecule has 1 heterocycles. The van der Waals surface area contributed by atoms with Gasteiger partial charge in [-0.15, -0.1) is 0 Å². The number of hydrogen-bond donors (Lipinski definition) is 1. The van der Waals surface area contributed by atoms with Crippen LogP contribution in [0.15, 0.2) is 0 Å². The summed E-state index contributed by atoms with van der Waals surface area (Å²) in [5.41, 5.74) is 0. The van der Waals surface area contributed by atoms with Gasteiger partial charge >= 0.3 is 0 Å². The molecule has 0 bridgehead atoms. The predicted molar refractivity (Wildman–Crippen MR) is 57.8 cm³/mol. The van der Waals surface area contributed by atoms with E-state index in [1.807, 2.05) is 0 Å². The summed E-state index contributed by atoms with van der Waals surface area (Å²) in [6, 6.07) is 1.35. The molecular formula is C11H20F2N2O. The average molecular weight is 234 g/mol. The van der Waals surface area contributed by atoms with E-state index in [0.717, 1.165) is 25.7 Å². The monoisotopic (exact) mass is 234 g/mol. The van der Waals surface area contributed by atoms with E-state index in [0.29, 0.717) is 12.6 Å². The zero-order valence-electron chi connectivity index (χ0n) is 9.50. The highest BCUT2D eigenvalue weighted by Gasteiger charge is 2.28. The molecule has 2 fully saturated rings. The van der Waals surface area contributed by atoms with Crippen LogP contribution in [0.1, 0.15) is 19.3 Å². The Morgan fingerprint density at radius 1 is 1.25 bits per heavy atom. The summed E-state index contributed by atoms with van der Waals surface area (Å²) in [5.74, 6) is 0. The highest BCUT2D eigenvalue weighted by atomic mass is 19.3. The summed E-state index contributed by atoms with van der Waals surface area (Å²) in [6.45, 7) is 2.85. The Morgan fingerprint density at radius 3 is 2.75 bits per heavy atom. The van der Waals surface area contributed by atoms with Gasteiger partial charge in [-0.1, -0.05) is 0 Å². The minimum atomic E-state index is -2.34. The first-order valence-electron chi connectivity index (χ1n) is 6.08. The number of ether oxygens (including phenoxy) is 1. The van der Waals surface area contributed by atoms with Gasteiger partial charge in [-0.2, -0.15) is 0 Å². The van der Waals surface area contributed by atoms with Gasteiger partial charge in [0.2, 0.25) is 0 Å². The fourth-order valence-electron chi connectivity index (χ4n) is 2.12. The van der Waals surface area contributed by atoms with E-state index in [1.165, 1.54) is 19.3 Å². The van der Waals surface area contributed by atoms with Gasteiger partial charge < -0.3 is 10.1 Å². The van der Waals surface area contributed by atoms with Gasteiger partial charge in [-0.05, 0) is 25.8 Å². The van der Waals surface area contributed by atoms with Gasteiger partial charge in [-0.3, -0.25) is 4.90 Å². The first kappa shape index (κ1) is 12.2. The van der Waals surface area contributed by atoms with Crippen LogP contribution < -0.4 is 5.32 Å². The Kier molecular flexibility index (Phi) is 4.49. The molecule has 94 valence electrons. The number of nitrogens with one attached hydrogen (secondary N) is 1. The van der Waals surface area contributed by atoms with E-state index in [2.05, 4.69) is 10.2 Å². The van der Waals surface area contributed by atoms with E-state index in [1.54, 1.807) is 0 Å². The van der Waals surface area contributed by atoms with Crippen LogP contribution in [0, 0.1) is 0 Å². The molecule has 0 amide bonds. The van der Waals surface area contributed by atoms with Crippen molar-refractivity contribution >= 4 is 0 Å². The van der Waals surface area contributed by atoms with E-state index >= 15 is 0 Å². The Hall–Kier alpha value is -0.260. The zero-order chi connectivity index (χ0) is 11.4. The van der Waals surface area contributed by atoms with Gasteiger partial charge in [0.1, 0.15) is 6.61 Å². The number of nitrogens with zero attached hydrogens (tertiary/aromatic N) is 1. The molecule has 3 nitrogen and oxygen atoms in total. The third kappa shape index (κ3) is 4.31. The van der Waals surface area contributed by atoms with Crippen molar-refractivity contribution in [3.63, 3.8) is 0 Å². The van der Waals surface area contributed by atoms with E-state index in [-0.39, 0.29) is 0 Å². The van der Waals surface area contributed by atoms with E-state index in [9.17, 15) is 8.78 Å². The summed E-state index contributed by atoms with van der Waals surface area (Å²) in [5, 5.41) is 3.59. The molecule has 0 radical (unpaired) electrons. The number of rotatable bonds is 7. The van der Waals surface area contributed by atoms with Crippen molar-refractivity contribution in [2.45, 2.75) is 37.8 Å². The van der Waals surface area contributed by atoms with Crippen LogP contribution in [0.4, 0.5) is 8.78 Å². The second-order valence-electron chi connectivity index (χ2n) is 4.69. The van der Waals surface area contributed by atoms with Gasteiger partial charge in [0, 0.05) is 25.2 Å². The Labute approximate surface area is 95.1 Å². The van der Waals surface area contributed by atoms with Gasteiger partial charge in [-0.25, -0.2) is 8.78 Å². The van der Waals surface area contributed by atoms with Crippen molar-refractivity contribution in [1.82, 2.24) is 10.2 Å². The van der Waals surface area contributed by atoms with Crippen LogP contribution in [-0.4, -0.2) is 56.3 Å². The second kappa shape index (κ2) is 5.89. The van der Waals surface area contributed by atoms with Crippen LogP contribution in [0.3, 0.4) is 0 Å². The molecular weight excluding hydrogens is 214 g/mol. The number of alkyl halides is 2. The number of likely N-dealkylation sites (tertiary alicyclic amines) is 1. The van der Waals surface area contributed by atoms with Gasteiger partial charge in [0.15, 0.2) is 0 Å². The van der Waals surface area contributed by atoms with Crippen LogP contribution in [-0.2, 0) is 4.74 Å². The van der Waals surface area contributed by atoms with Crippen LogP contribution in [0.25, 0.3) is 0 Å². The highest BCUT2D eigenvalue weighted by Crippen LogP contribution is 2.21. The third-order valence-corrected chi connectivity index (χ3v) is 3.12. The zero-order valence-corrected chi connectivity index (χ0v) is 9.50. The van der Waals surface area contributed by atoms with Crippen molar-refractivity contribution in [2.24, 2.45) is 0 Å². The van der Waals surface area contributed by atoms with Crippen LogP contribution in [0.2, 0.25) is 0 Å². The van der Waals surface area contributed by atoms with Crippen molar-refractivity contribution in [3.05, 3.63) is 0 Å². The molecule has 5 heteroatoms. The van der Waals surface area contributed by atoms with Crippen molar-refractivity contribution < 1.29 is 13.5 Å². The molecule has 16 heavy (non-hydrogen) atoms. The van der Waals surface area contributed by atoms with Crippen LogP contribution >= 0.6 is 0 Å². The lowest BCUT2D eigenvalue weighted by Gasteiger charge is -2.16. The first-order valence-corrected chi connectivity index (χ1v) is 6.08. The molecule has 2 rings (SSSR count). The predicted octanol–water partition coefficient (Wildman–Crippen LogP) is 1.09. The lowest BCUT2D eigenvalue weighted by molar-refractivity contribution is 0.0113. The number of hydrogen-bond acceptors (Lipinski definition) is 3. The molecule has 2 aliphatic rings. The maximum atomic E-state index is 11.8. The molecule has 0 aromatic heterocycles. The van der Waals surface area contributed by atoms with Crippen molar-refractivity contribution in [1.29, 1.82) is 0 Å². The third-order valence-electron chi connectivity index (χ3n) is 3.12.